The maximum atomic E-state index is 13.1. The molecular weight excluding hydrogens is 392 g/mol. The molecular formula is C25H28N2O4. The summed E-state index contributed by atoms with van der Waals surface area (Å²) in [5, 5.41) is 9.43. The Morgan fingerprint density at radius 1 is 1.06 bits per heavy atom. The molecule has 1 heterocycles. The molecule has 0 aliphatic rings. The van der Waals surface area contributed by atoms with E-state index in [1.165, 1.54) is 0 Å². The zero-order valence-electron chi connectivity index (χ0n) is 18.2. The smallest absolute Gasteiger partial charge is 0.336 e. The monoisotopic (exact) mass is 420 g/mol. The van der Waals surface area contributed by atoms with Gasteiger partial charge in [-0.1, -0.05) is 69.7 Å². The SMILES string of the molecule is CCCc1c(C=O)n(CC(C)C)c(=O)n1Cc1ccc(-c2ccccc2C(=O)O)cc1. The standard InChI is InChI=1S/C25H28N2O4/c1-4-7-22-23(16-28)26(14-17(2)3)25(31)27(22)15-18-10-12-19(13-11-18)20-8-5-6-9-21(20)24(29)30/h5-6,8-13,16-17H,4,7,14-15H2,1-3H3,(H,29,30). The number of rotatable bonds is 9. The number of carboxylic acid groups (broad SMARTS) is 1. The van der Waals surface area contributed by atoms with E-state index >= 15 is 0 Å². The topological polar surface area (TPSA) is 81.3 Å². The highest BCUT2D eigenvalue weighted by atomic mass is 16.4. The number of aromatic carboxylic acids is 1. The molecule has 0 saturated carbocycles. The van der Waals surface area contributed by atoms with Gasteiger partial charge in [0, 0.05) is 6.54 Å². The van der Waals surface area contributed by atoms with E-state index in [1.807, 2.05) is 51.1 Å². The molecule has 2 aromatic carbocycles. The fraction of sp³-hybridized carbons (Fsp3) is 0.320. The molecule has 3 rings (SSSR count). The summed E-state index contributed by atoms with van der Waals surface area (Å²) >= 11 is 0. The van der Waals surface area contributed by atoms with Gasteiger partial charge >= 0.3 is 11.7 Å². The first-order valence-electron chi connectivity index (χ1n) is 10.6. The Morgan fingerprint density at radius 2 is 1.74 bits per heavy atom. The van der Waals surface area contributed by atoms with Crippen LogP contribution in [0.15, 0.2) is 53.3 Å². The van der Waals surface area contributed by atoms with Gasteiger partial charge in [-0.05, 0) is 35.1 Å². The third kappa shape index (κ3) is 4.68. The average Bonchev–Trinajstić information content (AvgIpc) is 2.99. The van der Waals surface area contributed by atoms with E-state index in [4.69, 9.17) is 0 Å². The Hall–Kier alpha value is -3.41. The maximum absolute atomic E-state index is 13.1. The van der Waals surface area contributed by atoms with Crippen molar-refractivity contribution in [1.29, 1.82) is 0 Å². The summed E-state index contributed by atoms with van der Waals surface area (Å²) in [6, 6.07) is 14.4. The molecule has 3 aromatic rings. The lowest BCUT2D eigenvalue weighted by atomic mass is 9.99. The van der Waals surface area contributed by atoms with Gasteiger partial charge < -0.3 is 5.11 Å². The predicted molar refractivity (Wildman–Crippen MR) is 121 cm³/mol. The number of imidazole rings is 1. The van der Waals surface area contributed by atoms with Gasteiger partial charge in [-0.3, -0.25) is 13.9 Å². The van der Waals surface area contributed by atoms with Crippen molar-refractivity contribution in [2.24, 2.45) is 5.92 Å². The number of carbonyl (C=O) groups excluding carboxylic acids is 1. The Balaban J connectivity index is 1.98. The highest BCUT2D eigenvalue weighted by Gasteiger charge is 2.20. The molecule has 0 fully saturated rings. The minimum atomic E-state index is -0.969. The normalized spacial score (nSPS) is 11.1. The fourth-order valence-corrected chi connectivity index (χ4v) is 3.89. The van der Waals surface area contributed by atoms with Crippen LogP contribution in [0.1, 0.15) is 59.3 Å². The second kappa shape index (κ2) is 9.60. The van der Waals surface area contributed by atoms with Gasteiger partial charge in [-0.15, -0.1) is 0 Å². The van der Waals surface area contributed by atoms with Crippen molar-refractivity contribution < 1.29 is 14.7 Å². The van der Waals surface area contributed by atoms with Gasteiger partial charge in [-0.2, -0.15) is 0 Å². The van der Waals surface area contributed by atoms with Gasteiger partial charge in [0.25, 0.3) is 0 Å². The van der Waals surface area contributed by atoms with Crippen molar-refractivity contribution in [2.45, 2.75) is 46.7 Å². The second-order valence-corrected chi connectivity index (χ2v) is 8.12. The van der Waals surface area contributed by atoms with Gasteiger partial charge in [0.05, 0.1) is 17.8 Å². The number of hydrogen-bond donors (Lipinski definition) is 1. The van der Waals surface area contributed by atoms with E-state index in [1.54, 1.807) is 27.3 Å². The minimum Gasteiger partial charge on any atom is -0.478 e. The van der Waals surface area contributed by atoms with Crippen molar-refractivity contribution in [3.8, 4) is 11.1 Å². The molecule has 0 bridgehead atoms. The molecule has 0 aliphatic heterocycles. The fourth-order valence-electron chi connectivity index (χ4n) is 3.89. The third-order valence-corrected chi connectivity index (χ3v) is 5.28. The molecule has 31 heavy (non-hydrogen) atoms. The van der Waals surface area contributed by atoms with Crippen LogP contribution in [0, 0.1) is 5.92 Å². The van der Waals surface area contributed by atoms with E-state index in [0.29, 0.717) is 30.8 Å². The van der Waals surface area contributed by atoms with Crippen LogP contribution in [0.2, 0.25) is 0 Å². The molecule has 0 amide bonds. The summed E-state index contributed by atoms with van der Waals surface area (Å²) in [5.74, 6) is -0.723. The minimum absolute atomic E-state index is 0.167. The summed E-state index contributed by atoms with van der Waals surface area (Å²) in [5.41, 5.74) is 3.68. The summed E-state index contributed by atoms with van der Waals surface area (Å²) in [4.78, 5) is 36.4. The first-order valence-corrected chi connectivity index (χ1v) is 10.6. The van der Waals surface area contributed by atoms with E-state index in [-0.39, 0.29) is 17.2 Å². The number of nitrogens with zero attached hydrogens (tertiary/aromatic N) is 2. The zero-order valence-corrected chi connectivity index (χ0v) is 18.2. The molecule has 6 heteroatoms. The third-order valence-electron chi connectivity index (χ3n) is 5.28. The number of aromatic nitrogens is 2. The first kappa shape index (κ1) is 22.3. The zero-order chi connectivity index (χ0) is 22.5. The van der Waals surface area contributed by atoms with Crippen molar-refractivity contribution in [2.75, 3.05) is 0 Å². The van der Waals surface area contributed by atoms with Gasteiger partial charge in [-0.25, -0.2) is 9.59 Å². The lowest BCUT2D eigenvalue weighted by Crippen LogP contribution is -2.27. The van der Waals surface area contributed by atoms with Crippen LogP contribution in [-0.4, -0.2) is 26.5 Å². The van der Waals surface area contributed by atoms with E-state index in [9.17, 15) is 19.5 Å². The van der Waals surface area contributed by atoms with E-state index in [0.717, 1.165) is 29.5 Å². The van der Waals surface area contributed by atoms with E-state index < -0.39 is 5.97 Å². The highest BCUT2D eigenvalue weighted by Crippen LogP contribution is 2.24. The van der Waals surface area contributed by atoms with Gasteiger partial charge in [0.1, 0.15) is 5.69 Å². The first-order chi connectivity index (χ1) is 14.9. The summed E-state index contributed by atoms with van der Waals surface area (Å²) in [6.45, 7) is 6.93. The Labute approximate surface area is 181 Å². The number of carboxylic acids is 1. The molecule has 0 unspecified atom stereocenters. The van der Waals surface area contributed by atoms with Crippen molar-refractivity contribution in [3.63, 3.8) is 0 Å². The van der Waals surface area contributed by atoms with Crippen LogP contribution in [0.3, 0.4) is 0 Å². The van der Waals surface area contributed by atoms with Gasteiger partial charge in [0.15, 0.2) is 6.29 Å². The molecule has 1 aromatic heterocycles. The quantitative estimate of drug-likeness (QED) is 0.517. The number of benzene rings is 2. The summed E-state index contributed by atoms with van der Waals surface area (Å²) in [6.07, 6.45) is 2.27. The molecule has 6 nitrogen and oxygen atoms in total. The maximum Gasteiger partial charge on any atom is 0.336 e. The number of hydrogen-bond acceptors (Lipinski definition) is 3. The lowest BCUT2D eigenvalue weighted by Gasteiger charge is -2.10. The molecule has 0 radical (unpaired) electrons. The molecule has 1 N–H and O–H groups in total. The number of carbonyl (C=O) groups is 2. The van der Waals surface area contributed by atoms with Crippen LogP contribution >= 0.6 is 0 Å². The Bertz CT molecular complexity index is 1140. The largest absolute Gasteiger partial charge is 0.478 e. The van der Waals surface area contributed by atoms with Gasteiger partial charge in [0.2, 0.25) is 0 Å². The average molecular weight is 421 g/mol. The van der Waals surface area contributed by atoms with Crippen LogP contribution in [0.5, 0.6) is 0 Å². The molecule has 0 spiro atoms. The predicted octanol–water partition coefficient (Wildman–Crippen LogP) is 4.48. The highest BCUT2D eigenvalue weighted by molar-refractivity contribution is 5.96. The molecule has 162 valence electrons. The number of aldehydes is 1. The lowest BCUT2D eigenvalue weighted by molar-refractivity contribution is 0.0697. The van der Waals surface area contributed by atoms with Crippen LogP contribution in [0.25, 0.3) is 11.1 Å². The summed E-state index contributed by atoms with van der Waals surface area (Å²) < 4.78 is 3.27. The Kier molecular flexibility index (Phi) is 6.90. The van der Waals surface area contributed by atoms with Crippen molar-refractivity contribution >= 4 is 12.3 Å². The molecule has 0 saturated heterocycles. The van der Waals surface area contributed by atoms with E-state index in [2.05, 4.69) is 0 Å². The van der Waals surface area contributed by atoms with Crippen LogP contribution in [0.4, 0.5) is 0 Å². The summed E-state index contributed by atoms with van der Waals surface area (Å²) in [7, 11) is 0. The molecule has 0 atom stereocenters. The molecule has 0 aliphatic carbocycles. The van der Waals surface area contributed by atoms with Crippen LogP contribution in [-0.2, 0) is 19.5 Å². The Morgan fingerprint density at radius 3 is 2.32 bits per heavy atom. The second-order valence-electron chi connectivity index (χ2n) is 8.12. The van der Waals surface area contributed by atoms with Crippen molar-refractivity contribution in [3.05, 3.63) is 81.5 Å². The van der Waals surface area contributed by atoms with Crippen LogP contribution < -0.4 is 5.69 Å². The van der Waals surface area contributed by atoms with Crippen molar-refractivity contribution in [1.82, 2.24) is 9.13 Å².